The third kappa shape index (κ3) is 7.92. The Morgan fingerprint density at radius 3 is 2.64 bits per heavy atom. The van der Waals surface area contributed by atoms with Crippen LogP contribution in [-0.4, -0.2) is 49.2 Å². The summed E-state index contributed by atoms with van der Waals surface area (Å²) in [6.45, 7) is 8.16. The smallest absolute Gasteiger partial charge is 0.194 e. The second-order valence-corrected chi connectivity index (χ2v) is 7.24. The number of para-hydroxylation sites is 1. The molecule has 0 aliphatic rings. The number of hydrogen-bond donors (Lipinski definition) is 1. The molecule has 2 aromatic rings. The van der Waals surface area contributed by atoms with Crippen molar-refractivity contribution in [2.24, 2.45) is 4.99 Å². The minimum Gasteiger partial charge on any atom is -0.489 e. The van der Waals surface area contributed by atoms with E-state index < -0.39 is 0 Å². The molecule has 2 rings (SSSR count). The van der Waals surface area contributed by atoms with Gasteiger partial charge in [0, 0.05) is 26.1 Å². The van der Waals surface area contributed by atoms with Crippen molar-refractivity contribution < 1.29 is 9.47 Å². The number of ether oxygens (including phenoxy) is 2. The normalized spacial score (nSPS) is 13.4. The van der Waals surface area contributed by atoms with Crippen LogP contribution in [0.25, 0.3) is 0 Å². The number of nitrogens with one attached hydrogen (secondary N) is 1. The second-order valence-electron chi connectivity index (χ2n) is 6.35. The average Bonchev–Trinajstić information content (AvgIpc) is 3.13. The lowest BCUT2D eigenvalue weighted by Crippen LogP contribution is -2.39. The summed E-state index contributed by atoms with van der Waals surface area (Å²) >= 11 is 1.63. The van der Waals surface area contributed by atoms with Gasteiger partial charge in [0.1, 0.15) is 23.0 Å². The van der Waals surface area contributed by atoms with E-state index in [1.807, 2.05) is 51.2 Å². The summed E-state index contributed by atoms with van der Waals surface area (Å²) in [4.78, 5) is 11.5. The van der Waals surface area contributed by atoms with Crippen molar-refractivity contribution >= 4 is 41.3 Å². The fourth-order valence-corrected chi connectivity index (χ4v) is 3.30. The molecule has 6 nitrogen and oxygen atoms in total. The van der Waals surface area contributed by atoms with E-state index in [4.69, 9.17) is 14.5 Å². The van der Waals surface area contributed by atoms with Crippen molar-refractivity contribution in [1.82, 2.24) is 15.2 Å². The first-order chi connectivity index (χ1) is 13.0. The summed E-state index contributed by atoms with van der Waals surface area (Å²) in [5.74, 6) is 1.70. The van der Waals surface area contributed by atoms with Gasteiger partial charge in [-0.1, -0.05) is 18.2 Å². The molecule has 0 bridgehead atoms. The molecule has 1 N–H and O–H groups in total. The van der Waals surface area contributed by atoms with Crippen LogP contribution in [-0.2, 0) is 11.3 Å². The van der Waals surface area contributed by atoms with Gasteiger partial charge in [0.05, 0.1) is 18.8 Å². The second kappa shape index (κ2) is 12.9. The van der Waals surface area contributed by atoms with Crippen LogP contribution in [0.1, 0.15) is 37.6 Å². The largest absolute Gasteiger partial charge is 0.489 e. The van der Waals surface area contributed by atoms with Crippen LogP contribution in [0.2, 0.25) is 0 Å². The minimum absolute atomic E-state index is 0. The highest BCUT2D eigenvalue weighted by Gasteiger charge is 2.13. The molecular formula is C20H31IN4O2S. The standard InChI is InChI=1S/C20H30N4O2S.HI/c1-6-21-20(22-12-15(2)26-18-10-8-7-9-11-18)24(4)13-17-14-27-19(23-17)16(3)25-5;/h7-11,14-16H,6,12-13H2,1-5H3,(H,21,22);1H. The molecule has 0 amide bonds. The van der Waals surface area contributed by atoms with Crippen LogP contribution in [0.4, 0.5) is 0 Å². The predicted molar refractivity (Wildman–Crippen MR) is 127 cm³/mol. The zero-order valence-corrected chi connectivity index (χ0v) is 20.4. The maximum Gasteiger partial charge on any atom is 0.194 e. The Kier molecular flexibility index (Phi) is 11.4. The maximum atomic E-state index is 5.90. The van der Waals surface area contributed by atoms with Gasteiger partial charge in [-0.3, -0.25) is 0 Å². The third-order valence-electron chi connectivity index (χ3n) is 3.95. The van der Waals surface area contributed by atoms with Crippen LogP contribution in [0.3, 0.4) is 0 Å². The van der Waals surface area contributed by atoms with Crippen LogP contribution < -0.4 is 10.1 Å². The van der Waals surface area contributed by atoms with Gasteiger partial charge >= 0.3 is 0 Å². The van der Waals surface area contributed by atoms with Crippen molar-refractivity contribution in [3.05, 3.63) is 46.4 Å². The Morgan fingerprint density at radius 2 is 2.00 bits per heavy atom. The van der Waals surface area contributed by atoms with E-state index in [0.29, 0.717) is 13.1 Å². The van der Waals surface area contributed by atoms with Crippen molar-refractivity contribution in [3.8, 4) is 5.75 Å². The number of aromatic nitrogens is 1. The number of rotatable bonds is 9. The van der Waals surface area contributed by atoms with Gasteiger partial charge in [-0.15, -0.1) is 35.3 Å². The topological polar surface area (TPSA) is 59.0 Å². The lowest BCUT2D eigenvalue weighted by molar-refractivity contribution is 0.119. The van der Waals surface area contributed by atoms with E-state index in [1.54, 1.807) is 18.4 Å². The van der Waals surface area contributed by atoms with E-state index in [9.17, 15) is 0 Å². The summed E-state index contributed by atoms with van der Waals surface area (Å²) in [5.41, 5.74) is 1.01. The third-order valence-corrected chi connectivity index (χ3v) is 5.00. The quantitative estimate of drug-likeness (QED) is 0.304. The summed E-state index contributed by atoms with van der Waals surface area (Å²) in [5, 5.41) is 6.40. The number of hydrogen-bond acceptors (Lipinski definition) is 5. The van der Waals surface area contributed by atoms with Gasteiger partial charge in [-0.2, -0.15) is 0 Å². The van der Waals surface area contributed by atoms with E-state index in [0.717, 1.165) is 29.0 Å². The number of halogens is 1. The molecule has 2 unspecified atom stereocenters. The highest BCUT2D eigenvalue weighted by molar-refractivity contribution is 14.0. The molecule has 1 heterocycles. The lowest BCUT2D eigenvalue weighted by atomic mass is 10.3. The SMILES string of the molecule is CCNC(=NCC(C)Oc1ccccc1)N(C)Cc1csc(C(C)OC)n1.I. The highest BCUT2D eigenvalue weighted by Crippen LogP contribution is 2.21. The molecule has 2 atom stereocenters. The Morgan fingerprint density at radius 1 is 1.29 bits per heavy atom. The molecule has 0 spiro atoms. The molecule has 8 heteroatoms. The van der Waals surface area contributed by atoms with Crippen molar-refractivity contribution in [1.29, 1.82) is 0 Å². The van der Waals surface area contributed by atoms with Crippen LogP contribution in [0, 0.1) is 0 Å². The maximum absolute atomic E-state index is 5.90. The van der Waals surface area contributed by atoms with E-state index in [1.165, 1.54) is 0 Å². The first-order valence-corrected chi connectivity index (χ1v) is 10.1. The Labute approximate surface area is 189 Å². The zero-order chi connectivity index (χ0) is 19.6. The number of nitrogens with zero attached hydrogens (tertiary/aromatic N) is 3. The van der Waals surface area contributed by atoms with Crippen LogP contribution >= 0.6 is 35.3 Å². The summed E-state index contributed by atoms with van der Waals surface area (Å²) < 4.78 is 11.2. The summed E-state index contributed by atoms with van der Waals surface area (Å²) in [6.07, 6.45) is 0.00910. The number of thiazole rings is 1. The van der Waals surface area contributed by atoms with Crippen molar-refractivity contribution in [2.45, 2.75) is 39.5 Å². The average molecular weight is 518 g/mol. The van der Waals surface area contributed by atoms with Crippen LogP contribution in [0.5, 0.6) is 5.75 Å². The van der Waals surface area contributed by atoms with E-state index >= 15 is 0 Å². The first kappa shape index (κ1) is 24.6. The van der Waals surface area contributed by atoms with Crippen molar-refractivity contribution in [2.75, 3.05) is 27.2 Å². The molecule has 1 aromatic carbocycles. The van der Waals surface area contributed by atoms with Crippen LogP contribution in [0.15, 0.2) is 40.7 Å². The molecule has 1 aromatic heterocycles. The monoisotopic (exact) mass is 518 g/mol. The summed E-state index contributed by atoms with van der Waals surface area (Å²) in [6, 6.07) is 9.83. The molecule has 0 saturated carbocycles. The number of aliphatic imine (C=N–C) groups is 1. The number of guanidine groups is 1. The molecular weight excluding hydrogens is 487 g/mol. The number of methoxy groups -OCH3 is 1. The van der Waals surface area contributed by atoms with Gasteiger partial charge in [0.2, 0.25) is 0 Å². The predicted octanol–water partition coefficient (Wildman–Crippen LogP) is 4.33. The number of benzene rings is 1. The Balaban J connectivity index is 0.00000392. The molecule has 156 valence electrons. The summed E-state index contributed by atoms with van der Waals surface area (Å²) in [7, 11) is 3.72. The fraction of sp³-hybridized carbons (Fsp3) is 0.500. The van der Waals surface area contributed by atoms with Crippen molar-refractivity contribution in [3.63, 3.8) is 0 Å². The molecule has 0 fully saturated rings. The molecule has 28 heavy (non-hydrogen) atoms. The Bertz CT molecular complexity index is 711. The molecule has 0 aliphatic carbocycles. The zero-order valence-electron chi connectivity index (χ0n) is 17.2. The molecule has 0 radical (unpaired) electrons. The lowest BCUT2D eigenvalue weighted by Gasteiger charge is -2.22. The van der Waals surface area contributed by atoms with E-state index in [-0.39, 0.29) is 36.2 Å². The Hall–Kier alpha value is -1.39. The van der Waals surface area contributed by atoms with Gasteiger partial charge in [-0.25, -0.2) is 9.98 Å². The fourth-order valence-electron chi connectivity index (χ4n) is 2.45. The molecule has 0 saturated heterocycles. The van der Waals surface area contributed by atoms with Gasteiger partial charge < -0.3 is 19.7 Å². The van der Waals surface area contributed by atoms with Gasteiger partial charge in [-0.05, 0) is 32.9 Å². The highest BCUT2D eigenvalue weighted by atomic mass is 127. The minimum atomic E-state index is -0.0112. The first-order valence-electron chi connectivity index (χ1n) is 9.21. The van der Waals surface area contributed by atoms with Gasteiger partial charge in [0.15, 0.2) is 5.96 Å². The van der Waals surface area contributed by atoms with Gasteiger partial charge in [0.25, 0.3) is 0 Å². The molecule has 0 aliphatic heterocycles. The van der Waals surface area contributed by atoms with E-state index in [2.05, 4.69) is 27.5 Å².